The van der Waals surface area contributed by atoms with E-state index >= 15 is 0 Å². The number of morpholine rings is 1. The van der Waals surface area contributed by atoms with E-state index in [9.17, 15) is 0 Å². The zero-order valence-corrected chi connectivity index (χ0v) is 9.87. The van der Waals surface area contributed by atoms with Crippen LogP contribution in [-0.4, -0.2) is 50.3 Å². The van der Waals surface area contributed by atoms with Crippen molar-refractivity contribution < 1.29 is 4.74 Å². The van der Waals surface area contributed by atoms with Gasteiger partial charge in [-0.1, -0.05) is 6.92 Å². The van der Waals surface area contributed by atoms with Crippen LogP contribution in [0.3, 0.4) is 0 Å². The molecule has 2 aliphatic heterocycles. The smallest absolute Gasteiger partial charge is 0.0712 e. The highest BCUT2D eigenvalue weighted by atomic mass is 16.5. The second-order valence-electron chi connectivity index (χ2n) is 5.03. The minimum Gasteiger partial charge on any atom is -0.376 e. The highest BCUT2D eigenvalue weighted by Gasteiger charge is 2.18. The standard InChI is InChI=1S/C12H24N2O/c1-11-3-2-6-14(10-11)7-4-12-9-13-5-8-15-12/h11-13H,2-10H2,1H3. The van der Waals surface area contributed by atoms with E-state index in [0.29, 0.717) is 6.10 Å². The van der Waals surface area contributed by atoms with Crippen molar-refractivity contribution >= 4 is 0 Å². The first-order valence-electron chi connectivity index (χ1n) is 6.39. The molecule has 0 radical (unpaired) electrons. The van der Waals surface area contributed by atoms with Crippen LogP contribution in [0, 0.1) is 5.92 Å². The normalized spacial score (nSPS) is 34.2. The van der Waals surface area contributed by atoms with Crippen LogP contribution >= 0.6 is 0 Å². The van der Waals surface area contributed by atoms with Gasteiger partial charge in [0.15, 0.2) is 0 Å². The molecule has 0 aromatic carbocycles. The zero-order chi connectivity index (χ0) is 10.5. The Morgan fingerprint density at radius 1 is 1.47 bits per heavy atom. The Bertz CT molecular complexity index is 180. The van der Waals surface area contributed by atoms with Crippen LogP contribution in [0.4, 0.5) is 0 Å². The zero-order valence-electron chi connectivity index (χ0n) is 9.87. The number of rotatable bonds is 3. The average molecular weight is 212 g/mol. The third-order valence-corrected chi connectivity index (χ3v) is 3.51. The second kappa shape index (κ2) is 5.83. The van der Waals surface area contributed by atoms with E-state index in [0.717, 1.165) is 25.6 Å². The van der Waals surface area contributed by atoms with Gasteiger partial charge in [0.25, 0.3) is 0 Å². The summed E-state index contributed by atoms with van der Waals surface area (Å²) in [5.74, 6) is 0.893. The van der Waals surface area contributed by atoms with E-state index in [1.165, 1.54) is 38.9 Å². The summed E-state index contributed by atoms with van der Waals surface area (Å²) in [4.78, 5) is 2.60. The minimum absolute atomic E-state index is 0.455. The number of hydrogen-bond donors (Lipinski definition) is 1. The van der Waals surface area contributed by atoms with Crippen LogP contribution in [0.5, 0.6) is 0 Å². The van der Waals surface area contributed by atoms with E-state index in [1.54, 1.807) is 0 Å². The maximum Gasteiger partial charge on any atom is 0.0712 e. The molecule has 88 valence electrons. The number of ether oxygens (including phenoxy) is 1. The third-order valence-electron chi connectivity index (χ3n) is 3.51. The molecule has 2 saturated heterocycles. The SMILES string of the molecule is CC1CCCN(CCC2CNCCO2)C1. The maximum absolute atomic E-state index is 5.71. The molecule has 2 rings (SSSR count). The fourth-order valence-electron chi connectivity index (χ4n) is 2.62. The van der Waals surface area contributed by atoms with Gasteiger partial charge in [0.05, 0.1) is 12.7 Å². The maximum atomic E-state index is 5.71. The quantitative estimate of drug-likeness (QED) is 0.758. The van der Waals surface area contributed by atoms with Crippen LogP contribution in [0.1, 0.15) is 26.2 Å². The summed E-state index contributed by atoms with van der Waals surface area (Å²) in [6, 6.07) is 0. The van der Waals surface area contributed by atoms with Crippen molar-refractivity contribution in [1.29, 1.82) is 0 Å². The lowest BCUT2D eigenvalue weighted by molar-refractivity contribution is 0.0149. The van der Waals surface area contributed by atoms with Crippen molar-refractivity contribution in [2.75, 3.05) is 39.3 Å². The van der Waals surface area contributed by atoms with Gasteiger partial charge in [0.1, 0.15) is 0 Å². The summed E-state index contributed by atoms with van der Waals surface area (Å²) in [5, 5.41) is 3.39. The molecule has 0 saturated carbocycles. The fourth-order valence-corrected chi connectivity index (χ4v) is 2.62. The largest absolute Gasteiger partial charge is 0.376 e. The predicted molar refractivity (Wildman–Crippen MR) is 62.1 cm³/mol. The van der Waals surface area contributed by atoms with E-state index < -0.39 is 0 Å². The van der Waals surface area contributed by atoms with Gasteiger partial charge in [-0.25, -0.2) is 0 Å². The molecule has 2 unspecified atom stereocenters. The first kappa shape index (κ1) is 11.4. The van der Waals surface area contributed by atoms with Gasteiger partial charge >= 0.3 is 0 Å². The van der Waals surface area contributed by atoms with Gasteiger partial charge < -0.3 is 15.0 Å². The highest BCUT2D eigenvalue weighted by Crippen LogP contribution is 2.16. The topological polar surface area (TPSA) is 24.5 Å². The lowest BCUT2D eigenvalue weighted by Gasteiger charge is -2.32. The highest BCUT2D eigenvalue weighted by molar-refractivity contribution is 4.73. The number of nitrogens with one attached hydrogen (secondary N) is 1. The van der Waals surface area contributed by atoms with Crippen molar-refractivity contribution in [2.24, 2.45) is 5.92 Å². The van der Waals surface area contributed by atoms with Crippen LogP contribution in [0.15, 0.2) is 0 Å². The fraction of sp³-hybridized carbons (Fsp3) is 1.00. The molecule has 2 fully saturated rings. The van der Waals surface area contributed by atoms with Crippen molar-refractivity contribution in [2.45, 2.75) is 32.3 Å². The van der Waals surface area contributed by atoms with Crippen LogP contribution in [-0.2, 0) is 4.74 Å². The predicted octanol–water partition coefficient (Wildman–Crippen LogP) is 1.10. The van der Waals surface area contributed by atoms with Gasteiger partial charge in [-0.3, -0.25) is 0 Å². The van der Waals surface area contributed by atoms with Gasteiger partial charge in [-0.05, 0) is 31.7 Å². The van der Waals surface area contributed by atoms with Crippen LogP contribution in [0.2, 0.25) is 0 Å². The molecule has 2 atom stereocenters. The summed E-state index contributed by atoms with van der Waals surface area (Å²) in [7, 11) is 0. The molecule has 0 spiro atoms. The monoisotopic (exact) mass is 212 g/mol. The summed E-state index contributed by atoms with van der Waals surface area (Å²) in [6.07, 6.45) is 4.44. The van der Waals surface area contributed by atoms with Crippen molar-refractivity contribution in [3.05, 3.63) is 0 Å². The van der Waals surface area contributed by atoms with E-state index in [1.807, 2.05) is 0 Å². The number of likely N-dealkylation sites (tertiary alicyclic amines) is 1. The Morgan fingerprint density at radius 3 is 3.13 bits per heavy atom. The molecule has 0 amide bonds. The molecule has 3 nitrogen and oxygen atoms in total. The number of hydrogen-bond acceptors (Lipinski definition) is 3. The summed E-state index contributed by atoms with van der Waals surface area (Å²) >= 11 is 0. The molecule has 1 N–H and O–H groups in total. The van der Waals surface area contributed by atoms with Crippen molar-refractivity contribution in [1.82, 2.24) is 10.2 Å². The van der Waals surface area contributed by atoms with Crippen molar-refractivity contribution in [3.63, 3.8) is 0 Å². The lowest BCUT2D eigenvalue weighted by atomic mass is 10.00. The van der Waals surface area contributed by atoms with Gasteiger partial charge in [-0.2, -0.15) is 0 Å². The molecule has 2 heterocycles. The average Bonchev–Trinajstić information content (AvgIpc) is 2.28. The molecule has 0 aliphatic carbocycles. The summed E-state index contributed by atoms with van der Waals surface area (Å²) in [6.45, 7) is 9.13. The molecular formula is C12H24N2O. The minimum atomic E-state index is 0.455. The van der Waals surface area contributed by atoms with E-state index in [-0.39, 0.29) is 0 Å². The molecule has 15 heavy (non-hydrogen) atoms. The summed E-state index contributed by atoms with van der Waals surface area (Å²) in [5.41, 5.74) is 0. The van der Waals surface area contributed by atoms with E-state index in [4.69, 9.17) is 4.74 Å². The first-order chi connectivity index (χ1) is 7.34. The molecule has 0 aromatic rings. The molecule has 3 heteroatoms. The molecule has 2 aliphatic rings. The molecule has 0 aromatic heterocycles. The lowest BCUT2D eigenvalue weighted by Crippen LogP contribution is -2.42. The molecular weight excluding hydrogens is 188 g/mol. The third kappa shape index (κ3) is 3.74. The van der Waals surface area contributed by atoms with Crippen LogP contribution < -0.4 is 5.32 Å². The summed E-state index contributed by atoms with van der Waals surface area (Å²) < 4.78 is 5.71. The number of piperidine rings is 1. The Hall–Kier alpha value is -0.120. The Kier molecular flexibility index (Phi) is 4.42. The number of nitrogens with zero attached hydrogens (tertiary/aromatic N) is 1. The Morgan fingerprint density at radius 2 is 2.40 bits per heavy atom. The molecule has 0 bridgehead atoms. The first-order valence-corrected chi connectivity index (χ1v) is 6.39. The van der Waals surface area contributed by atoms with Gasteiger partial charge in [0, 0.05) is 26.2 Å². The van der Waals surface area contributed by atoms with Crippen molar-refractivity contribution in [3.8, 4) is 0 Å². The van der Waals surface area contributed by atoms with Gasteiger partial charge in [-0.15, -0.1) is 0 Å². The Balaban J connectivity index is 1.63. The second-order valence-corrected chi connectivity index (χ2v) is 5.03. The van der Waals surface area contributed by atoms with E-state index in [2.05, 4.69) is 17.1 Å². The Labute approximate surface area is 93.2 Å². The van der Waals surface area contributed by atoms with Crippen LogP contribution in [0.25, 0.3) is 0 Å². The van der Waals surface area contributed by atoms with Gasteiger partial charge in [0.2, 0.25) is 0 Å².